The van der Waals surface area contributed by atoms with Gasteiger partial charge >= 0.3 is 0 Å². The van der Waals surface area contributed by atoms with Crippen molar-refractivity contribution in [2.24, 2.45) is 0 Å². The fourth-order valence-corrected chi connectivity index (χ4v) is 1.55. The topological polar surface area (TPSA) is 17.3 Å². The summed E-state index contributed by atoms with van der Waals surface area (Å²) in [6.07, 6.45) is 5.66. The van der Waals surface area contributed by atoms with E-state index in [1.54, 1.807) is 6.20 Å². The lowest BCUT2D eigenvalue weighted by atomic mass is 10.3. The number of halogens is 1. The van der Waals surface area contributed by atoms with Crippen LogP contribution in [0, 0.1) is 11.2 Å². The second-order valence-corrected chi connectivity index (χ2v) is 4.09. The lowest BCUT2D eigenvalue weighted by Crippen LogP contribution is -1.83. The van der Waals surface area contributed by atoms with Gasteiger partial charge in [-0.05, 0) is 26.3 Å². The fourth-order valence-electron chi connectivity index (χ4n) is 1.07. The van der Waals surface area contributed by atoms with Gasteiger partial charge < -0.3 is 4.40 Å². The van der Waals surface area contributed by atoms with E-state index < -0.39 is 0 Å². The van der Waals surface area contributed by atoms with E-state index in [1.165, 1.54) is 8.93 Å². The zero-order chi connectivity index (χ0) is 9.10. The van der Waals surface area contributed by atoms with Gasteiger partial charge in [-0.1, -0.05) is 5.92 Å². The highest BCUT2D eigenvalue weighted by molar-refractivity contribution is 14.2. The number of hydrogen-bond donors (Lipinski definition) is 0. The van der Waals surface area contributed by atoms with Crippen LogP contribution in [0.5, 0.6) is 0 Å². The minimum Gasteiger partial charge on any atom is -0.307 e. The van der Waals surface area contributed by atoms with Crippen molar-refractivity contribution < 1.29 is 0 Å². The molecular weight excluding hydrogens is 295 g/mol. The molecule has 0 saturated heterocycles. The fraction of sp³-hybridized carbons (Fsp3) is 0. The first-order valence-electron chi connectivity index (χ1n) is 3.61. The molecule has 2 aromatic rings. The highest BCUT2D eigenvalue weighted by Crippen LogP contribution is 2.09. The van der Waals surface area contributed by atoms with Crippen LogP contribution in [-0.2, 0) is 0 Å². The van der Waals surface area contributed by atoms with Crippen LogP contribution in [0.2, 0.25) is 0 Å². The Morgan fingerprint density at radius 1 is 1.46 bits per heavy atom. The molecule has 0 saturated carbocycles. The molecule has 0 N–H and O–H groups in total. The van der Waals surface area contributed by atoms with E-state index in [2.05, 4.69) is 37.4 Å². The van der Waals surface area contributed by atoms with Crippen molar-refractivity contribution in [1.82, 2.24) is 9.38 Å². The predicted octanol–water partition coefficient (Wildman–Crippen LogP) is 2.73. The van der Waals surface area contributed by atoms with E-state index in [0.29, 0.717) is 0 Å². The Balaban J connectivity index is 2.48. The van der Waals surface area contributed by atoms with Crippen LogP contribution in [0.15, 0.2) is 30.7 Å². The van der Waals surface area contributed by atoms with Crippen molar-refractivity contribution in [2.75, 3.05) is 0 Å². The average molecular weight is 300 g/mol. The summed E-state index contributed by atoms with van der Waals surface area (Å²) in [4.78, 5) is 4.17. The van der Waals surface area contributed by atoms with Crippen molar-refractivity contribution in [3.8, 4) is 11.2 Å². The van der Waals surface area contributed by atoms with Crippen LogP contribution in [0.3, 0.4) is 0 Å². The van der Waals surface area contributed by atoms with Crippen LogP contribution in [-0.4, -0.2) is 9.38 Å². The standard InChI is InChI=1S/C9H5IN2S/c10-13-6-2-8-1-4-12-5-3-11-9(12)7-8/h1,3-5,7H. The summed E-state index contributed by atoms with van der Waals surface area (Å²) in [5, 5.41) is 2.94. The quantitative estimate of drug-likeness (QED) is 0.550. The van der Waals surface area contributed by atoms with Gasteiger partial charge in [0, 0.05) is 45.4 Å². The average Bonchev–Trinajstić information content (AvgIpc) is 2.61. The molecule has 2 aromatic heterocycles. The number of nitrogens with zero attached hydrogens (tertiary/aromatic N) is 2. The van der Waals surface area contributed by atoms with Gasteiger partial charge in [0.15, 0.2) is 0 Å². The third-order valence-corrected chi connectivity index (χ3v) is 2.47. The molecule has 0 unspecified atom stereocenters. The minimum atomic E-state index is 0.935. The lowest BCUT2D eigenvalue weighted by molar-refractivity contribution is 1.18. The van der Waals surface area contributed by atoms with E-state index in [0.717, 1.165) is 11.2 Å². The number of rotatable bonds is 0. The molecule has 0 atom stereocenters. The highest BCUT2D eigenvalue weighted by atomic mass is 127. The summed E-state index contributed by atoms with van der Waals surface area (Å²) in [6.45, 7) is 0. The minimum absolute atomic E-state index is 0.935. The van der Waals surface area contributed by atoms with Gasteiger partial charge in [0.25, 0.3) is 0 Å². The maximum Gasteiger partial charge on any atom is 0.137 e. The molecule has 0 fully saturated rings. The molecule has 0 radical (unpaired) electrons. The second-order valence-electron chi connectivity index (χ2n) is 2.41. The summed E-state index contributed by atoms with van der Waals surface area (Å²) < 4.78 is 1.96. The molecule has 0 aliphatic rings. The predicted molar refractivity (Wildman–Crippen MR) is 63.7 cm³/mol. The van der Waals surface area contributed by atoms with E-state index in [9.17, 15) is 0 Å². The zero-order valence-corrected chi connectivity index (χ0v) is 9.54. The van der Waals surface area contributed by atoms with Gasteiger partial charge in [0.05, 0.1) is 0 Å². The van der Waals surface area contributed by atoms with Crippen molar-refractivity contribution in [2.45, 2.75) is 0 Å². The first-order chi connectivity index (χ1) is 6.40. The van der Waals surface area contributed by atoms with Gasteiger partial charge in [-0.25, -0.2) is 4.98 Å². The monoisotopic (exact) mass is 300 g/mol. The molecule has 0 aromatic carbocycles. The third kappa shape index (κ3) is 1.98. The number of hydrogen-bond acceptors (Lipinski definition) is 2. The molecule has 64 valence electrons. The third-order valence-electron chi connectivity index (χ3n) is 1.63. The molecule has 2 rings (SSSR count). The highest BCUT2D eigenvalue weighted by Gasteiger charge is 1.92. The summed E-state index contributed by atoms with van der Waals surface area (Å²) in [7, 11) is 1.49. The molecule has 0 spiro atoms. The van der Waals surface area contributed by atoms with E-state index >= 15 is 0 Å². The Kier molecular flexibility index (Phi) is 2.76. The van der Waals surface area contributed by atoms with Crippen LogP contribution in [0.4, 0.5) is 0 Å². The second kappa shape index (κ2) is 4.03. The van der Waals surface area contributed by atoms with Crippen molar-refractivity contribution in [3.63, 3.8) is 0 Å². The summed E-state index contributed by atoms with van der Waals surface area (Å²) in [5.41, 5.74) is 1.94. The smallest absolute Gasteiger partial charge is 0.137 e. The Bertz CT molecular complexity index is 481. The Labute approximate surface area is 92.3 Å². The van der Waals surface area contributed by atoms with Crippen LogP contribution < -0.4 is 0 Å². The Morgan fingerprint density at radius 3 is 3.23 bits per heavy atom. The molecule has 13 heavy (non-hydrogen) atoms. The SMILES string of the molecule is ISC#Cc1ccn2ccnc2c1. The van der Waals surface area contributed by atoms with Gasteiger partial charge in [0.2, 0.25) is 0 Å². The van der Waals surface area contributed by atoms with Gasteiger partial charge in [0.1, 0.15) is 5.65 Å². The molecule has 2 nitrogen and oxygen atoms in total. The maximum absolute atomic E-state index is 4.17. The van der Waals surface area contributed by atoms with Crippen molar-refractivity contribution in [3.05, 3.63) is 36.3 Å². The van der Waals surface area contributed by atoms with Crippen LogP contribution >= 0.6 is 30.1 Å². The first-order valence-corrected chi connectivity index (χ1v) is 6.97. The largest absolute Gasteiger partial charge is 0.307 e. The molecule has 0 amide bonds. The van der Waals surface area contributed by atoms with Crippen molar-refractivity contribution >= 4 is 35.8 Å². The van der Waals surface area contributed by atoms with E-state index in [4.69, 9.17) is 0 Å². The van der Waals surface area contributed by atoms with Crippen LogP contribution in [0.1, 0.15) is 5.56 Å². The maximum atomic E-state index is 4.17. The summed E-state index contributed by atoms with van der Waals surface area (Å²) >= 11 is 2.15. The number of pyridine rings is 1. The molecule has 2 heterocycles. The first kappa shape index (κ1) is 8.91. The number of aromatic nitrogens is 2. The number of imidazole rings is 1. The van der Waals surface area contributed by atoms with Gasteiger partial charge in [-0.2, -0.15) is 0 Å². The molecule has 0 bridgehead atoms. The zero-order valence-electron chi connectivity index (χ0n) is 6.57. The van der Waals surface area contributed by atoms with Crippen LogP contribution in [0.25, 0.3) is 5.65 Å². The van der Waals surface area contributed by atoms with E-state index in [1.807, 2.05) is 28.9 Å². The number of fused-ring (bicyclic) bond motifs is 1. The Morgan fingerprint density at radius 2 is 2.38 bits per heavy atom. The van der Waals surface area contributed by atoms with E-state index in [-0.39, 0.29) is 0 Å². The molecular formula is C9H5IN2S. The summed E-state index contributed by atoms with van der Waals surface area (Å²) in [6, 6.07) is 3.95. The van der Waals surface area contributed by atoms with Crippen molar-refractivity contribution in [1.29, 1.82) is 0 Å². The molecule has 0 aliphatic carbocycles. The molecule has 4 heteroatoms. The van der Waals surface area contributed by atoms with Gasteiger partial charge in [-0.3, -0.25) is 0 Å². The van der Waals surface area contributed by atoms with Gasteiger partial charge in [-0.15, -0.1) is 0 Å². The normalized spacial score (nSPS) is 9.62. The Hall–Kier alpha value is -0.670. The molecule has 0 aliphatic heterocycles. The summed E-state index contributed by atoms with van der Waals surface area (Å²) in [5.74, 6) is 3.03. The lowest BCUT2D eigenvalue weighted by Gasteiger charge is -1.92.